The highest BCUT2D eigenvalue weighted by Crippen LogP contribution is 2.39. The van der Waals surface area contributed by atoms with Crippen molar-refractivity contribution in [1.82, 2.24) is 24.5 Å². The molecule has 0 radical (unpaired) electrons. The number of nitrogens with one attached hydrogen (secondary N) is 3. The van der Waals surface area contributed by atoms with Gasteiger partial charge < -0.3 is 15.4 Å². The number of H-pyrrole nitrogens is 1. The topological polar surface area (TPSA) is 119 Å². The van der Waals surface area contributed by atoms with Gasteiger partial charge in [-0.3, -0.25) is 24.1 Å². The molecule has 3 heterocycles. The molecule has 1 amide bonds. The Kier molecular flexibility index (Phi) is 4.92. The predicted octanol–water partition coefficient (Wildman–Crippen LogP) is 3.07. The van der Waals surface area contributed by atoms with E-state index in [0.717, 1.165) is 29.7 Å². The van der Waals surface area contributed by atoms with Crippen molar-refractivity contribution in [3.8, 4) is 17.0 Å². The Hall–Kier alpha value is -4.08. The van der Waals surface area contributed by atoms with Gasteiger partial charge >= 0.3 is 0 Å². The van der Waals surface area contributed by atoms with Crippen molar-refractivity contribution in [2.45, 2.75) is 19.8 Å². The predicted molar refractivity (Wildman–Crippen MR) is 126 cm³/mol. The number of aromatic amines is 1. The number of nitrogens with zero attached hydrogens (tertiary/aromatic N) is 4. The summed E-state index contributed by atoms with van der Waals surface area (Å²) < 4.78 is 8.88. The van der Waals surface area contributed by atoms with Gasteiger partial charge in [0.2, 0.25) is 5.91 Å². The number of hydrogen-bond acceptors (Lipinski definition) is 6. The van der Waals surface area contributed by atoms with Crippen LogP contribution < -0.4 is 20.9 Å². The molecule has 170 valence electrons. The van der Waals surface area contributed by atoms with Gasteiger partial charge in [0.1, 0.15) is 11.2 Å². The number of carbonyl (C=O) groups is 1. The molecule has 0 saturated heterocycles. The van der Waals surface area contributed by atoms with Gasteiger partial charge in [0.15, 0.2) is 11.4 Å². The van der Waals surface area contributed by atoms with Crippen molar-refractivity contribution >= 4 is 34.1 Å². The van der Waals surface area contributed by atoms with Gasteiger partial charge in [0, 0.05) is 37.8 Å². The monoisotopic (exact) mass is 447 g/mol. The smallest absolute Gasteiger partial charge is 0.277 e. The average molecular weight is 447 g/mol. The highest BCUT2D eigenvalue weighted by atomic mass is 16.5. The van der Waals surface area contributed by atoms with Crippen LogP contribution in [0.4, 0.5) is 17.2 Å². The molecule has 1 aliphatic carbocycles. The SMILES string of the molecule is COc1c(Nc2cc(NC(=O)C3CC3)nc3[nH]n(C)c(=O)c23)cccc1-c1nn(C)cc1C. The minimum atomic E-state index is -0.226. The van der Waals surface area contributed by atoms with Crippen LogP contribution in [0.2, 0.25) is 0 Å². The molecule has 0 atom stereocenters. The first-order chi connectivity index (χ1) is 15.9. The van der Waals surface area contributed by atoms with Crippen LogP contribution in [0.25, 0.3) is 22.3 Å². The molecule has 1 saturated carbocycles. The Morgan fingerprint density at radius 2 is 2.03 bits per heavy atom. The number of para-hydroxylation sites is 1. The quantitative estimate of drug-likeness (QED) is 0.418. The summed E-state index contributed by atoms with van der Waals surface area (Å²) in [6.07, 6.45) is 3.72. The fourth-order valence-corrected chi connectivity index (χ4v) is 4.02. The van der Waals surface area contributed by atoms with Gasteiger partial charge in [-0.1, -0.05) is 6.07 Å². The summed E-state index contributed by atoms with van der Waals surface area (Å²) >= 11 is 0. The highest BCUT2D eigenvalue weighted by molar-refractivity contribution is 5.98. The first-order valence-electron chi connectivity index (χ1n) is 10.7. The summed E-state index contributed by atoms with van der Waals surface area (Å²) in [5.41, 5.74) is 3.99. The molecule has 1 aromatic carbocycles. The lowest BCUT2D eigenvalue weighted by Gasteiger charge is -2.15. The van der Waals surface area contributed by atoms with E-state index in [1.54, 1.807) is 24.9 Å². The zero-order valence-electron chi connectivity index (χ0n) is 18.9. The molecule has 0 spiro atoms. The fourth-order valence-electron chi connectivity index (χ4n) is 4.02. The number of pyridine rings is 1. The number of hydrogen-bond donors (Lipinski definition) is 3. The summed E-state index contributed by atoms with van der Waals surface area (Å²) in [5.74, 6) is 0.947. The number of ether oxygens (including phenoxy) is 1. The van der Waals surface area contributed by atoms with Crippen LogP contribution in [0, 0.1) is 12.8 Å². The van der Waals surface area contributed by atoms with E-state index in [1.165, 1.54) is 4.68 Å². The summed E-state index contributed by atoms with van der Waals surface area (Å²) in [6, 6.07) is 7.39. The second-order valence-electron chi connectivity index (χ2n) is 8.36. The second kappa shape index (κ2) is 7.80. The lowest BCUT2D eigenvalue weighted by molar-refractivity contribution is -0.117. The first-order valence-corrected chi connectivity index (χ1v) is 10.7. The normalized spacial score (nSPS) is 13.3. The van der Waals surface area contributed by atoms with Gasteiger partial charge in [-0.25, -0.2) is 4.98 Å². The number of anilines is 3. The van der Waals surface area contributed by atoms with Crippen LogP contribution in [-0.2, 0) is 18.9 Å². The van der Waals surface area contributed by atoms with E-state index in [4.69, 9.17) is 4.74 Å². The fraction of sp³-hybridized carbons (Fsp3) is 0.304. The number of aryl methyl sites for hydroxylation is 3. The molecule has 33 heavy (non-hydrogen) atoms. The van der Waals surface area contributed by atoms with E-state index in [2.05, 4.69) is 25.8 Å². The Morgan fingerprint density at radius 1 is 1.24 bits per heavy atom. The molecule has 3 N–H and O–H groups in total. The third kappa shape index (κ3) is 3.73. The number of rotatable bonds is 6. The van der Waals surface area contributed by atoms with Crippen molar-refractivity contribution < 1.29 is 9.53 Å². The summed E-state index contributed by atoms with van der Waals surface area (Å²) in [6.45, 7) is 1.99. The highest BCUT2D eigenvalue weighted by Gasteiger charge is 2.30. The molecule has 3 aromatic heterocycles. The first kappa shape index (κ1) is 20.8. The molecule has 10 heteroatoms. The summed E-state index contributed by atoms with van der Waals surface area (Å²) in [5, 5.41) is 14.1. The molecule has 0 aliphatic heterocycles. The molecule has 4 aromatic rings. The van der Waals surface area contributed by atoms with Crippen molar-refractivity contribution in [3.05, 3.63) is 46.4 Å². The number of carbonyl (C=O) groups excluding carboxylic acids is 1. The zero-order chi connectivity index (χ0) is 23.3. The maximum Gasteiger partial charge on any atom is 0.277 e. The number of aromatic nitrogens is 5. The van der Waals surface area contributed by atoms with Crippen LogP contribution in [0.3, 0.4) is 0 Å². The van der Waals surface area contributed by atoms with Crippen LogP contribution in [-0.4, -0.2) is 37.6 Å². The molecule has 1 aliphatic rings. The van der Waals surface area contributed by atoms with Crippen LogP contribution >= 0.6 is 0 Å². The van der Waals surface area contributed by atoms with Crippen molar-refractivity contribution in [1.29, 1.82) is 0 Å². The Bertz CT molecular complexity index is 1440. The largest absolute Gasteiger partial charge is 0.494 e. The van der Waals surface area contributed by atoms with E-state index in [-0.39, 0.29) is 17.4 Å². The van der Waals surface area contributed by atoms with E-state index in [1.807, 2.05) is 38.4 Å². The van der Waals surface area contributed by atoms with Gasteiger partial charge in [0.05, 0.1) is 24.2 Å². The standard InChI is InChI=1S/C23H25N7O3/c1-12-11-29(2)27-19(12)14-6-5-7-15(20(14)33-4)24-16-10-17(26-22(31)13-8-9-13)25-21-18(16)23(32)30(3)28-21/h5-7,10-11,13H,8-9H2,1-4H3,(H3,24,25,26,28,31). The van der Waals surface area contributed by atoms with Crippen LogP contribution in [0.15, 0.2) is 35.3 Å². The summed E-state index contributed by atoms with van der Waals surface area (Å²) in [4.78, 5) is 29.6. The Labute approximate surface area is 189 Å². The zero-order valence-corrected chi connectivity index (χ0v) is 18.9. The number of methoxy groups -OCH3 is 1. The molecular formula is C23H25N7O3. The Balaban J connectivity index is 1.61. The number of fused-ring (bicyclic) bond motifs is 1. The van der Waals surface area contributed by atoms with Crippen molar-refractivity contribution in [3.63, 3.8) is 0 Å². The number of amides is 1. The number of benzene rings is 1. The Morgan fingerprint density at radius 3 is 2.70 bits per heavy atom. The van der Waals surface area contributed by atoms with E-state index >= 15 is 0 Å². The maximum atomic E-state index is 12.8. The van der Waals surface area contributed by atoms with E-state index in [9.17, 15) is 9.59 Å². The molecule has 5 rings (SSSR count). The molecule has 0 bridgehead atoms. The van der Waals surface area contributed by atoms with Gasteiger partial charge in [-0.05, 0) is 37.5 Å². The average Bonchev–Trinajstić information content (AvgIpc) is 3.51. The minimum Gasteiger partial charge on any atom is -0.494 e. The lowest BCUT2D eigenvalue weighted by atomic mass is 10.1. The van der Waals surface area contributed by atoms with Gasteiger partial charge in [-0.2, -0.15) is 5.10 Å². The van der Waals surface area contributed by atoms with Crippen LogP contribution in [0.5, 0.6) is 5.75 Å². The van der Waals surface area contributed by atoms with E-state index in [0.29, 0.717) is 34.0 Å². The van der Waals surface area contributed by atoms with E-state index < -0.39 is 0 Å². The second-order valence-corrected chi connectivity index (χ2v) is 8.36. The molecule has 0 unspecified atom stereocenters. The molecule has 1 fully saturated rings. The van der Waals surface area contributed by atoms with Crippen molar-refractivity contribution in [2.75, 3.05) is 17.7 Å². The van der Waals surface area contributed by atoms with Gasteiger partial charge in [0.25, 0.3) is 5.56 Å². The maximum absolute atomic E-state index is 12.8. The van der Waals surface area contributed by atoms with Crippen molar-refractivity contribution in [2.24, 2.45) is 20.0 Å². The summed E-state index contributed by atoms with van der Waals surface area (Å²) in [7, 11) is 5.10. The molecule has 10 nitrogen and oxygen atoms in total. The lowest BCUT2D eigenvalue weighted by Crippen LogP contribution is -2.15. The van der Waals surface area contributed by atoms with Crippen LogP contribution in [0.1, 0.15) is 18.4 Å². The third-order valence-corrected chi connectivity index (χ3v) is 5.77. The molecular weight excluding hydrogens is 422 g/mol. The van der Waals surface area contributed by atoms with Gasteiger partial charge in [-0.15, -0.1) is 0 Å². The minimum absolute atomic E-state index is 0.0344. The third-order valence-electron chi connectivity index (χ3n) is 5.77.